The van der Waals surface area contributed by atoms with E-state index in [2.05, 4.69) is 0 Å². The fourth-order valence-electron chi connectivity index (χ4n) is 1.75. The van der Waals surface area contributed by atoms with Crippen molar-refractivity contribution in [1.82, 2.24) is 0 Å². The monoisotopic (exact) mass is 246 g/mol. The van der Waals surface area contributed by atoms with E-state index in [0.29, 0.717) is 11.3 Å². The molecule has 18 heavy (non-hydrogen) atoms. The second-order valence-corrected chi connectivity index (χ2v) is 3.82. The Morgan fingerprint density at radius 3 is 2.33 bits per heavy atom. The first-order valence-corrected chi connectivity index (χ1v) is 5.42. The molecule has 0 atom stereocenters. The minimum absolute atomic E-state index is 0.201. The van der Waals surface area contributed by atoms with Crippen LogP contribution in [0.4, 0.5) is 4.39 Å². The fraction of sp³-hybridized carbons (Fsp3) is 0.0769. The molecule has 0 radical (unpaired) electrons. The van der Waals surface area contributed by atoms with Crippen molar-refractivity contribution < 1.29 is 19.2 Å². The maximum atomic E-state index is 14.1. The third-order valence-corrected chi connectivity index (χ3v) is 2.67. The van der Waals surface area contributed by atoms with Gasteiger partial charge in [0, 0.05) is 11.0 Å². The van der Waals surface area contributed by atoms with Gasteiger partial charge in [-0.2, -0.15) is 0 Å². The molecule has 0 fully saturated rings. The minimum Gasteiger partial charge on any atom is -0.497 e. The summed E-state index contributed by atoms with van der Waals surface area (Å²) in [6, 6.07) is 11.7. The predicted octanol–water partition coefficient (Wildman–Crippen LogP) is 1.18. The highest BCUT2D eigenvalue weighted by atomic mass is 19.1. The molecule has 3 nitrogen and oxygen atoms in total. The van der Waals surface area contributed by atoms with Crippen molar-refractivity contribution in [2.45, 2.75) is 0 Å². The summed E-state index contributed by atoms with van der Waals surface area (Å²) in [5.74, 6) is -0.282. The summed E-state index contributed by atoms with van der Waals surface area (Å²) in [6.45, 7) is 0. The minimum atomic E-state index is -1.87. The van der Waals surface area contributed by atoms with Crippen LogP contribution in [0.15, 0.2) is 42.5 Å². The number of methoxy groups -OCH3 is 1. The molecule has 0 spiro atoms. The smallest absolute Gasteiger partial charge is 0.491 e. The topological polar surface area (TPSA) is 49.7 Å². The van der Waals surface area contributed by atoms with Crippen LogP contribution in [0.5, 0.6) is 5.75 Å². The predicted molar refractivity (Wildman–Crippen MR) is 68.2 cm³/mol. The zero-order valence-corrected chi connectivity index (χ0v) is 9.80. The number of rotatable bonds is 3. The average molecular weight is 246 g/mol. The first kappa shape index (κ1) is 12.6. The zero-order chi connectivity index (χ0) is 13.1. The molecule has 0 saturated heterocycles. The van der Waals surface area contributed by atoms with Crippen LogP contribution in [0, 0.1) is 5.82 Å². The van der Waals surface area contributed by atoms with Crippen LogP contribution in [-0.4, -0.2) is 24.3 Å². The van der Waals surface area contributed by atoms with Gasteiger partial charge in [-0.3, -0.25) is 0 Å². The molecule has 0 aliphatic rings. The summed E-state index contributed by atoms with van der Waals surface area (Å²) >= 11 is 0. The van der Waals surface area contributed by atoms with E-state index in [0.717, 1.165) is 0 Å². The Balaban J connectivity index is 2.63. The van der Waals surface area contributed by atoms with Crippen LogP contribution in [0.1, 0.15) is 0 Å². The van der Waals surface area contributed by atoms with Gasteiger partial charge in [-0.1, -0.05) is 30.3 Å². The summed E-state index contributed by atoms with van der Waals surface area (Å²) < 4.78 is 19.2. The summed E-state index contributed by atoms with van der Waals surface area (Å²) in [4.78, 5) is 0. The van der Waals surface area contributed by atoms with Crippen LogP contribution < -0.4 is 10.2 Å². The normalized spacial score (nSPS) is 10.2. The largest absolute Gasteiger partial charge is 0.497 e. The molecule has 2 rings (SSSR count). The van der Waals surface area contributed by atoms with Gasteiger partial charge in [0.2, 0.25) is 0 Å². The van der Waals surface area contributed by atoms with Gasteiger partial charge in [0.1, 0.15) is 11.6 Å². The van der Waals surface area contributed by atoms with Crippen molar-refractivity contribution in [3.05, 3.63) is 48.3 Å². The molecule has 0 bridgehead atoms. The summed E-state index contributed by atoms with van der Waals surface area (Å²) in [7, 11) is -0.433. The van der Waals surface area contributed by atoms with Crippen molar-refractivity contribution in [3.63, 3.8) is 0 Å². The second-order valence-electron chi connectivity index (χ2n) is 3.82. The van der Waals surface area contributed by atoms with Crippen molar-refractivity contribution in [2.24, 2.45) is 0 Å². The third kappa shape index (κ3) is 2.37. The Morgan fingerprint density at radius 2 is 1.78 bits per heavy atom. The molecule has 0 aromatic heterocycles. The van der Waals surface area contributed by atoms with Gasteiger partial charge in [-0.25, -0.2) is 4.39 Å². The van der Waals surface area contributed by atoms with Crippen molar-refractivity contribution >= 4 is 12.6 Å². The summed E-state index contributed by atoms with van der Waals surface area (Å²) in [6.07, 6.45) is 0. The van der Waals surface area contributed by atoms with E-state index < -0.39 is 12.9 Å². The van der Waals surface area contributed by atoms with E-state index in [-0.39, 0.29) is 11.0 Å². The lowest BCUT2D eigenvalue weighted by Crippen LogP contribution is -2.33. The SMILES string of the molecule is COc1cc(B(O)O)c(F)c(-c2ccccc2)c1. The number of hydrogen-bond acceptors (Lipinski definition) is 3. The average Bonchev–Trinajstić information content (AvgIpc) is 2.39. The van der Waals surface area contributed by atoms with Crippen LogP contribution in [0.3, 0.4) is 0 Å². The lowest BCUT2D eigenvalue weighted by Gasteiger charge is -2.11. The highest BCUT2D eigenvalue weighted by molar-refractivity contribution is 6.59. The molecule has 2 aromatic rings. The molecular weight excluding hydrogens is 234 g/mol. The molecule has 2 aromatic carbocycles. The Kier molecular flexibility index (Phi) is 3.65. The molecular formula is C13H12BFO3. The van der Waals surface area contributed by atoms with Gasteiger partial charge in [0.05, 0.1) is 7.11 Å². The van der Waals surface area contributed by atoms with E-state index in [1.807, 2.05) is 6.07 Å². The van der Waals surface area contributed by atoms with Crippen LogP contribution >= 0.6 is 0 Å². The van der Waals surface area contributed by atoms with Gasteiger partial charge in [-0.05, 0) is 17.7 Å². The Morgan fingerprint density at radius 1 is 1.11 bits per heavy atom. The molecule has 2 N–H and O–H groups in total. The molecule has 0 aliphatic carbocycles. The Hall–Kier alpha value is -1.85. The van der Waals surface area contributed by atoms with Gasteiger partial charge in [0.15, 0.2) is 0 Å². The van der Waals surface area contributed by atoms with Gasteiger partial charge >= 0.3 is 7.12 Å². The molecule has 0 amide bonds. The Bertz CT molecular complexity index is 543. The van der Waals surface area contributed by atoms with Gasteiger partial charge in [0.25, 0.3) is 0 Å². The molecule has 0 saturated carbocycles. The molecule has 0 aliphatic heterocycles. The highest BCUT2D eigenvalue weighted by Gasteiger charge is 2.21. The summed E-state index contributed by atoms with van der Waals surface area (Å²) in [5.41, 5.74) is 0.724. The highest BCUT2D eigenvalue weighted by Crippen LogP contribution is 2.25. The van der Waals surface area contributed by atoms with Crippen molar-refractivity contribution in [3.8, 4) is 16.9 Å². The fourth-order valence-corrected chi connectivity index (χ4v) is 1.75. The standard InChI is InChI=1S/C13H12BFO3/c1-18-10-7-11(9-5-3-2-4-6-9)13(15)12(8-10)14(16)17/h2-8,16-17H,1H3. The van der Waals surface area contributed by atoms with Gasteiger partial charge < -0.3 is 14.8 Å². The number of halogens is 1. The van der Waals surface area contributed by atoms with Crippen molar-refractivity contribution in [2.75, 3.05) is 7.11 Å². The lowest BCUT2D eigenvalue weighted by molar-refractivity contribution is 0.410. The first-order chi connectivity index (χ1) is 8.63. The molecule has 0 unspecified atom stereocenters. The quantitative estimate of drug-likeness (QED) is 0.799. The number of ether oxygens (including phenoxy) is 1. The number of hydrogen-bond donors (Lipinski definition) is 2. The zero-order valence-electron chi connectivity index (χ0n) is 9.80. The lowest BCUT2D eigenvalue weighted by atomic mass is 9.78. The number of benzene rings is 2. The van der Waals surface area contributed by atoms with Crippen LogP contribution in [0.2, 0.25) is 0 Å². The summed E-state index contributed by atoms with van der Waals surface area (Å²) in [5, 5.41) is 18.3. The Labute approximate surface area is 105 Å². The van der Waals surface area contributed by atoms with Crippen molar-refractivity contribution in [1.29, 1.82) is 0 Å². The van der Waals surface area contributed by atoms with E-state index >= 15 is 0 Å². The van der Waals surface area contributed by atoms with Crippen LogP contribution in [0.25, 0.3) is 11.1 Å². The van der Waals surface area contributed by atoms with E-state index in [9.17, 15) is 4.39 Å². The van der Waals surface area contributed by atoms with Gasteiger partial charge in [-0.15, -0.1) is 0 Å². The maximum absolute atomic E-state index is 14.1. The molecule has 92 valence electrons. The molecule has 5 heteroatoms. The maximum Gasteiger partial charge on any atom is 0.491 e. The molecule has 0 heterocycles. The third-order valence-electron chi connectivity index (χ3n) is 2.67. The first-order valence-electron chi connectivity index (χ1n) is 5.42. The van der Waals surface area contributed by atoms with E-state index in [1.54, 1.807) is 24.3 Å². The van der Waals surface area contributed by atoms with E-state index in [1.165, 1.54) is 19.2 Å². The van der Waals surface area contributed by atoms with Crippen LogP contribution in [-0.2, 0) is 0 Å². The van der Waals surface area contributed by atoms with E-state index in [4.69, 9.17) is 14.8 Å². The second kappa shape index (κ2) is 5.20.